The molecule has 2 heteroatoms. The second kappa shape index (κ2) is 14.7. The van der Waals surface area contributed by atoms with Crippen molar-refractivity contribution in [2.24, 2.45) is 0 Å². The van der Waals surface area contributed by atoms with E-state index in [1.165, 1.54) is 116 Å². The van der Waals surface area contributed by atoms with Gasteiger partial charge in [-0.2, -0.15) is 0 Å². The highest BCUT2D eigenvalue weighted by Crippen LogP contribution is 2.59. The number of nitrogens with zero attached hydrogens (tertiary/aromatic N) is 2. The summed E-state index contributed by atoms with van der Waals surface area (Å²) >= 11 is 0. The van der Waals surface area contributed by atoms with Crippen molar-refractivity contribution in [2.45, 2.75) is 5.41 Å². The number of para-hydroxylation sites is 1. The Bertz CT molecular complexity index is 4020. The molecule has 0 unspecified atom stereocenters. The molecule has 0 aliphatic heterocycles. The zero-order valence-corrected chi connectivity index (χ0v) is 36.6. The van der Waals surface area contributed by atoms with E-state index in [1.54, 1.807) is 0 Å². The molecule has 312 valence electrons. The highest BCUT2D eigenvalue weighted by Gasteiger charge is 2.47. The van der Waals surface area contributed by atoms with Gasteiger partial charge in [-0.05, 0) is 116 Å². The molecule has 0 radical (unpaired) electrons. The summed E-state index contributed by atoms with van der Waals surface area (Å²) in [7, 11) is 0. The number of rotatable bonds is 6. The Morgan fingerprint density at radius 2 is 0.836 bits per heavy atom. The van der Waals surface area contributed by atoms with Crippen molar-refractivity contribution in [3.05, 3.63) is 277 Å². The van der Waals surface area contributed by atoms with Gasteiger partial charge in [0.15, 0.2) is 0 Å². The van der Waals surface area contributed by atoms with E-state index in [-0.39, 0.29) is 0 Å². The molecule has 0 saturated heterocycles. The second-order valence-corrected chi connectivity index (χ2v) is 18.0. The lowest BCUT2D eigenvalue weighted by Gasteiger charge is -2.33. The molecule has 11 aromatic carbocycles. The predicted molar refractivity (Wildman–Crippen MR) is 281 cm³/mol. The molecule has 0 bridgehead atoms. The zero-order chi connectivity index (χ0) is 44.1. The van der Waals surface area contributed by atoms with Crippen molar-refractivity contribution >= 4 is 54.4 Å². The molecule has 1 aliphatic carbocycles. The van der Waals surface area contributed by atoms with Gasteiger partial charge in [0, 0.05) is 32.6 Å². The first-order chi connectivity index (χ1) is 33.3. The van der Waals surface area contributed by atoms with Gasteiger partial charge in [-0.3, -0.25) is 0 Å². The molecule has 2 heterocycles. The van der Waals surface area contributed by atoms with Crippen LogP contribution < -0.4 is 0 Å². The number of benzene rings is 11. The van der Waals surface area contributed by atoms with Gasteiger partial charge >= 0.3 is 0 Å². The monoisotopic (exact) mass is 850 g/mol. The molecule has 13 aromatic rings. The maximum atomic E-state index is 2.52. The van der Waals surface area contributed by atoms with E-state index in [4.69, 9.17) is 0 Å². The summed E-state index contributed by atoms with van der Waals surface area (Å²) in [5, 5.41) is 7.46. The number of aromatic nitrogens is 2. The van der Waals surface area contributed by atoms with Gasteiger partial charge in [-0.1, -0.05) is 200 Å². The topological polar surface area (TPSA) is 9.86 Å². The number of hydrogen-bond donors (Lipinski definition) is 0. The third-order valence-corrected chi connectivity index (χ3v) is 14.6. The van der Waals surface area contributed by atoms with Crippen LogP contribution in [0, 0.1) is 0 Å². The Kier molecular flexibility index (Phi) is 8.23. The van der Waals surface area contributed by atoms with E-state index in [9.17, 15) is 0 Å². The van der Waals surface area contributed by atoms with Crippen LogP contribution in [0.3, 0.4) is 0 Å². The van der Waals surface area contributed by atoms with Gasteiger partial charge in [0.25, 0.3) is 0 Å². The molecule has 2 aromatic heterocycles. The van der Waals surface area contributed by atoms with E-state index in [2.05, 4.69) is 264 Å². The van der Waals surface area contributed by atoms with Gasteiger partial charge in [0.1, 0.15) is 0 Å². The zero-order valence-electron chi connectivity index (χ0n) is 36.6. The summed E-state index contributed by atoms with van der Waals surface area (Å²) in [6.45, 7) is 0. The summed E-state index contributed by atoms with van der Waals surface area (Å²) in [6.07, 6.45) is 0. The molecule has 0 atom stereocenters. The molecule has 1 aliphatic rings. The SMILES string of the molecule is c1ccc(-c2ccc(-n3c4ccccc4c4cc(-c5ccc6c(c5)c5c7c(ccc5n6-c5cccc6ccccc56)C(c5ccccc5)(c5ccccc5)c5ccccc5-7)ccc43)cc2)cc1. The van der Waals surface area contributed by atoms with Gasteiger partial charge in [0.05, 0.1) is 33.2 Å². The van der Waals surface area contributed by atoms with Crippen LogP contribution in [-0.4, -0.2) is 9.13 Å². The first kappa shape index (κ1) is 37.6. The molecule has 14 rings (SSSR count). The van der Waals surface area contributed by atoms with E-state index < -0.39 is 5.41 Å². The van der Waals surface area contributed by atoms with Crippen LogP contribution in [0.25, 0.3) is 99.1 Å². The minimum absolute atomic E-state index is 0.505. The lowest BCUT2D eigenvalue weighted by Crippen LogP contribution is -2.28. The third kappa shape index (κ3) is 5.45. The summed E-state index contributed by atoms with van der Waals surface area (Å²) in [6, 6.07) is 94.4. The van der Waals surface area contributed by atoms with Crippen LogP contribution in [0.2, 0.25) is 0 Å². The molecule has 0 N–H and O–H groups in total. The highest BCUT2D eigenvalue weighted by molar-refractivity contribution is 6.20. The van der Waals surface area contributed by atoms with Gasteiger partial charge in [-0.15, -0.1) is 0 Å². The van der Waals surface area contributed by atoms with E-state index >= 15 is 0 Å². The first-order valence-corrected chi connectivity index (χ1v) is 23.3. The van der Waals surface area contributed by atoms with E-state index in [0.29, 0.717) is 0 Å². The molecule has 0 saturated carbocycles. The first-order valence-electron chi connectivity index (χ1n) is 23.3. The van der Waals surface area contributed by atoms with Crippen LogP contribution in [0.5, 0.6) is 0 Å². The lowest BCUT2D eigenvalue weighted by molar-refractivity contribution is 0.769. The summed E-state index contributed by atoms with van der Waals surface area (Å²) in [5.41, 5.74) is 19.2. The van der Waals surface area contributed by atoms with E-state index in [0.717, 1.165) is 5.69 Å². The quantitative estimate of drug-likeness (QED) is 0.158. The van der Waals surface area contributed by atoms with Crippen molar-refractivity contribution in [2.75, 3.05) is 0 Å². The van der Waals surface area contributed by atoms with E-state index in [1.807, 2.05) is 0 Å². The van der Waals surface area contributed by atoms with Gasteiger partial charge in [-0.25, -0.2) is 0 Å². The fraction of sp³-hybridized carbons (Fsp3) is 0.0154. The second-order valence-electron chi connectivity index (χ2n) is 18.0. The Balaban J connectivity index is 1.03. The Labute approximate surface area is 388 Å². The van der Waals surface area contributed by atoms with Gasteiger partial charge < -0.3 is 9.13 Å². The number of fused-ring (bicyclic) bond motifs is 11. The van der Waals surface area contributed by atoms with Gasteiger partial charge in [0.2, 0.25) is 0 Å². The van der Waals surface area contributed by atoms with Crippen molar-refractivity contribution < 1.29 is 0 Å². The van der Waals surface area contributed by atoms with Crippen molar-refractivity contribution in [1.29, 1.82) is 0 Å². The van der Waals surface area contributed by atoms with Crippen molar-refractivity contribution in [1.82, 2.24) is 9.13 Å². The largest absolute Gasteiger partial charge is 0.309 e. The molecule has 0 spiro atoms. The molecular formula is C65H42N2. The summed E-state index contributed by atoms with van der Waals surface area (Å²) < 4.78 is 4.93. The van der Waals surface area contributed by atoms with Crippen LogP contribution in [-0.2, 0) is 5.41 Å². The Hall–Kier alpha value is -8.72. The fourth-order valence-electron chi connectivity index (χ4n) is 11.7. The molecule has 2 nitrogen and oxygen atoms in total. The minimum atomic E-state index is -0.505. The van der Waals surface area contributed by atoms with Crippen LogP contribution >= 0.6 is 0 Å². The average Bonchev–Trinajstić information content (AvgIpc) is 4.03. The fourth-order valence-corrected chi connectivity index (χ4v) is 11.7. The number of hydrogen-bond acceptors (Lipinski definition) is 0. The Morgan fingerprint density at radius 3 is 1.58 bits per heavy atom. The smallest absolute Gasteiger partial charge is 0.0713 e. The molecule has 67 heavy (non-hydrogen) atoms. The summed E-state index contributed by atoms with van der Waals surface area (Å²) in [4.78, 5) is 0. The van der Waals surface area contributed by atoms with Crippen LogP contribution in [0.15, 0.2) is 255 Å². The minimum Gasteiger partial charge on any atom is -0.309 e. The predicted octanol–water partition coefficient (Wildman–Crippen LogP) is 16.7. The molecular weight excluding hydrogens is 809 g/mol. The van der Waals surface area contributed by atoms with Crippen LogP contribution in [0.4, 0.5) is 0 Å². The maximum Gasteiger partial charge on any atom is 0.0713 e. The van der Waals surface area contributed by atoms with Crippen molar-refractivity contribution in [3.63, 3.8) is 0 Å². The Morgan fingerprint density at radius 1 is 0.299 bits per heavy atom. The third-order valence-electron chi connectivity index (χ3n) is 14.6. The summed E-state index contributed by atoms with van der Waals surface area (Å²) in [5.74, 6) is 0. The highest BCUT2D eigenvalue weighted by atomic mass is 15.0. The van der Waals surface area contributed by atoms with Crippen molar-refractivity contribution in [3.8, 4) is 44.8 Å². The molecule has 0 fully saturated rings. The molecule has 0 amide bonds. The average molecular weight is 851 g/mol. The lowest BCUT2D eigenvalue weighted by atomic mass is 9.67. The van der Waals surface area contributed by atoms with Crippen LogP contribution in [0.1, 0.15) is 22.3 Å². The normalized spacial score (nSPS) is 12.9. The maximum absolute atomic E-state index is 2.52. The standard InChI is InChI=1S/C65H42N2/c1-4-17-43(18-5-1)44-31-35-50(36-32-44)66-59-29-15-13-26-52(59)54-41-46(33-38-60(54)66)47-34-39-61-55(42-47)64-62(67(61)58-30-16-20-45-19-10-11-25-51(45)58)40-37-57-63(64)53-27-12-14-28-56(53)65(57,48-21-6-2-7-22-48)49-23-8-3-9-24-49/h1-42H.